The number of hydrogen-bond acceptors (Lipinski definition) is 4. The van der Waals surface area contributed by atoms with Crippen LogP contribution < -0.4 is 5.73 Å². The fourth-order valence-corrected chi connectivity index (χ4v) is 0.925. The minimum absolute atomic E-state index is 0.275. The van der Waals surface area contributed by atoms with E-state index in [0.29, 0.717) is 5.78 Å². The molecule has 1 amide bonds. The quantitative estimate of drug-likeness (QED) is 0.597. The Hall–Kier alpha value is -1.98. The predicted octanol–water partition coefficient (Wildman–Crippen LogP) is -0.777. The van der Waals surface area contributed by atoms with E-state index in [9.17, 15) is 4.79 Å². The third-order valence-corrected chi connectivity index (χ3v) is 1.43. The van der Waals surface area contributed by atoms with E-state index >= 15 is 0 Å². The van der Waals surface area contributed by atoms with Gasteiger partial charge in [-0.05, 0) is 6.07 Å². The topological polar surface area (TPSA) is 86.2 Å². The summed E-state index contributed by atoms with van der Waals surface area (Å²) >= 11 is 0. The fourth-order valence-electron chi connectivity index (χ4n) is 0.925. The normalized spacial score (nSPS) is 10.3. The molecular weight excluding hydrogens is 158 g/mol. The van der Waals surface area contributed by atoms with E-state index in [1.165, 1.54) is 23.1 Å². The molecule has 0 radical (unpaired) electrons. The molecule has 0 aliphatic carbocycles. The van der Waals surface area contributed by atoms with Crippen LogP contribution in [0.2, 0.25) is 0 Å². The maximum atomic E-state index is 10.8. The second-order valence-corrected chi connectivity index (χ2v) is 2.17. The highest BCUT2D eigenvalue weighted by Gasteiger charge is 2.06. The smallest absolute Gasteiger partial charge is 0.267 e. The molecule has 0 saturated heterocycles. The van der Waals surface area contributed by atoms with Gasteiger partial charge in [-0.25, -0.2) is 4.98 Å². The Kier molecular flexibility index (Phi) is 1.26. The Morgan fingerprint density at radius 1 is 1.50 bits per heavy atom. The van der Waals surface area contributed by atoms with Gasteiger partial charge >= 0.3 is 0 Å². The first-order valence-electron chi connectivity index (χ1n) is 3.23. The van der Waals surface area contributed by atoms with Crippen LogP contribution in [0.5, 0.6) is 0 Å². The van der Waals surface area contributed by atoms with E-state index in [0.717, 1.165) is 0 Å². The van der Waals surface area contributed by atoms with Crippen LogP contribution in [-0.2, 0) is 0 Å². The molecule has 0 atom stereocenters. The molecule has 0 saturated carbocycles. The van der Waals surface area contributed by atoms with Gasteiger partial charge in [0, 0.05) is 6.20 Å². The van der Waals surface area contributed by atoms with Crippen LogP contribution in [0.15, 0.2) is 18.6 Å². The Balaban J connectivity index is 2.82. The molecule has 0 unspecified atom stereocenters. The van der Waals surface area contributed by atoms with Gasteiger partial charge in [0.1, 0.15) is 12.0 Å². The van der Waals surface area contributed by atoms with E-state index in [1.54, 1.807) is 0 Å². The van der Waals surface area contributed by atoms with E-state index in [-0.39, 0.29) is 5.69 Å². The van der Waals surface area contributed by atoms with Gasteiger partial charge < -0.3 is 5.73 Å². The summed E-state index contributed by atoms with van der Waals surface area (Å²) in [6, 6.07) is 1.49. The van der Waals surface area contributed by atoms with Crippen molar-refractivity contribution in [3.05, 3.63) is 24.3 Å². The van der Waals surface area contributed by atoms with Crippen molar-refractivity contribution in [2.45, 2.75) is 0 Å². The molecule has 0 aliphatic rings. The number of hydrogen-bond donors (Lipinski definition) is 1. The molecule has 2 heterocycles. The Morgan fingerprint density at radius 2 is 2.33 bits per heavy atom. The molecule has 6 nitrogen and oxygen atoms in total. The number of carbonyl (C=O) groups excluding carboxylic acids is 1. The second-order valence-electron chi connectivity index (χ2n) is 2.17. The van der Waals surface area contributed by atoms with E-state index in [4.69, 9.17) is 5.73 Å². The lowest BCUT2D eigenvalue weighted by Gasteiger charge is -1.95. The Morgan fingerprint density at radius 3 is 3.08 bits per heavy atom. The standard InChI is InChI=1S/C6H5N5O/c7-5(12)4-1-2-8-6-9-3-10-11(4)6/h1-3H,(H2,7,12). The zero-order valence-electron chi connectivity index (χ0n) is 6.01. The minimum atomic E-state index is -0.548. The first-order valence-corrected chi connectivity index (χ1v) is 3.23. The number of fused-ring (bicyclic) bond motifs is 1. The zero-order chi connectivity index (χ0) is 8.55. The van der Waals surface area contributed by atoms with Crippen molar-refractivity contribution in [3.8, 4) is 0 Å². The fraction of sp³-hybridized carbons (Fsp3) is 0. The van der Waals surface area contributed by atoms with Crippen LogP contribution in [0.3, 0.4) is 0 Å². The largest absolute Gasteiger partial charge is 0.364 e. The third-order valence-electron chi connectivity index (χ3n) is 1.43. The number of rotatable bonds is 1. The monoisotopic (exact) mass is 163 g/mol. The number of aromatic nitrogens is 4. The van der Waals surface area contributed by atoms with Crippen LogP contribution in [0.4, 0.5) is 0 Å². The first-order chi connectivity index (χ1) is 5.79. The molecule has 2 aromatic rings. The number of nitrogens with zero attached hydrogens (tertiary/aromatic N) is 4. The lowest BCUT2D eigenvalue weighted by atomic mass is 10.4. The van der Waals surface area contributed by atoms with Crippen molar-refractivity contribution in [3.63, 3.8) is 0 Å². The van der Waals surface area contributed by atoms with Crippen LogP contribution in [-0.4, -0.2) is 25.5 Å². The van der Waals surface area contributed by atoms with E-state index in [2.05, 4.69) is 15.1 Å². The van der Waals surface area contributed by atoms with Gasteiger partial charge in [0.25, 0.3) is 11.7 Å². The molecule has 0 aliphatic heterocycles. The van der Waals surface area contributed by atoms with Gasteiger partial charge in [-0.2, -0.15) is 14.6 Å². The number of nitrogens with two attached hydrogens (primary N) is 1. The molecule has 2 N–H and O–H groups in total. The summed E-state index contributed by atoms with van der Waals surface area (Å²) in [4.78, 5) is 18.5. The molecule has 2 rings (SSSR count). The lowest BCUT2D eigenvalue weighted by molar-refractivity contribution is 0.0993. The van der Waals surface area contributed by atoms with Gasteiger partial charge in [0.15, 0.2) is 0 Å². The highest BCUT2D eigenvalue weighted by atomic mass is 16.1. The SMILES string of the molecule is NC(=O)c1ccnc2ncnn12. The van der Waals surface area contributed by atoms with Crippen molar-refractivity contribution in [1.82, 2.24) is 19.6 Å². The molecule has 0 spiro atoms. The van der Waals surface area contributed by atoms with Crippen LogP contribution in [0, 0.1) is 0 Å². The van der Waals surface area contributed by atoms with E-state index in [1.807, 2.05) is 0 Å². The molecule has 12 heavy (non-hydrogen) atoms. The van der Waals surface area contributed by atoms with Crippen molar-refractivity contribution >= 4 is 11.7 Å². The molecule has 0 fully saturated rings. The lowest BCUT2D eigenvalue weighted by Crippen LogP contribution is -2.16. The van der Waals surface area contributed by atoms with Gasteiger partial charge in [-0.15, -0.1) is 0 Å². The van der Waals surface area contributed by atoms with Gasteiger partial charge in [0.05, 0.1) is 0 Å². The summed E-state index contributed by atoms with van der Waals surface area (Å²) in [5.74, 6) is -0.181. The average Bonchev–Trinajstić information content (AvgIpc) is 2.49. The molecule has 0 bridgehead atoms. The summed E-state index contributed by atoms with van der Waals surface area (Å²) in [5, 5.41) is 3.78. The molecule has 6 heteroatoms. The zero-order valence-corrected chi connectivity index (χ0v) is 6.01. The molecule has 0 aromatic carbocycles. The summed E-state index contributed by atoms with van der Waals surface area (Å²) in [6.45, 7) is 0. The van der Waals surface area contributed by atoms with Crippen molar-refractivity contribution in [2.24, 2.45) is 5.73 Å². The number of amides is 1. The van der Waals surface area contributed by atoms with E-state index < -0.39 is 5.91 Å². The maximum Gasteiger partial charge on any atom is 0.267 e. The second kappa shape index (κ2) is 2.26. The van der Waals surface area contributed by atoms with Crippen LogP contribution in [0.25, 0.3) is 5.78 Å². The van der Waals surface area contributed by atoms with Crippen molar-refractivity contribution < 1.29 is 4.79 Å². The first kappa shape index (κ1) is 6.71. The predicted molar refractivity (Wildman–Crippen MR) is 39.3 cm³/mol. The Bertz CT molecular complexity index is 434. The summed E-state index contributed by atoms with van der Waals surface area (Å²) in [5.41, 5.74) is 5.36. The summed E-state index contributed by atoms with van der Waals surface area (Å²) < 4.78 is 1.29. The van der Waals surface area contributed by atoms with Crippen molar-refractivity contribution in [1.29, 1.82) is 0 Å². The van der Waals surface area contributed by atoms with Gasteiger partial charge in [0.2, 0.25) is 0 Å². The molecule has 60 valence electrons. The number of primary amides is 1. The highest BCUT2D eigenvalue weighted by molar-refractivity contribution is 5.91. The summed E-state index contributed by atoms with van der Waals surface area (Å²) in [6.07, 6.45) is 2.78. The minimum Gasteiger partial charge on any atom is -0.364 e. The molecule has 2 aromatic heterocycles. The third kappa shape index (κ3) is 0.815. The van der Waals surface area contributed by atoms with Crippen LogP contribution >= 0.6 is 0 Å². The van der Waals surface area contributed by atoms with Gasteiger partial charge in [-0.1, -0.05) is 0 Å². The maximum absolute atomic E-state index is 10.8. The summed E-state index contributed by atoms with van der Waals surface area (Å²) in [7, 11) is 0. The average molecular weight is 163 g/mol. The Labute approximate surface area is 67.0 Å². The number of carbonyl (C=O) groups is 1. The molecular formula is C6H5N5O. The van der Waals surface area contributed by atoms with Crippen molar-refractivity contribution in [2.75, 3.05) is 0 Å². The van der Waals surface area contributed by atoms with Crippen LogP contribution in [0.1, 0.15) is 10.5 Å². The highest BCUT2D eigenvalue weighted by Crippen LogP contribution is 1.98. The van der Waals surface area contributed by atoms with Gasteiger partial charge in [-0.3, -0.25) is 4.79 Å².